The molecule has 1 fully saturated rings. The standard InChI is InChI=1S/C17H17N5O2/c1-11-4-5-18-9-16(11)22-7-6-21(17(22)24)12-2-3-14-13(8-12)15(10-23)20-19-14/h2-5,8-10,15,19-20H,6-7H2,1H3. The third-order valence-electron chi connectivity index (χ3n) is 4.49. The number of rotatable bonds is 3. The molecule has 2 aliphatic rings. The van der Waals surface area contributed by atoms with Crippen LogP contribution in [-0.2, 0) is 4.79 Å². The Bertz CT molecular complexity index is 822. The molecule has 0 spiro atoms. The van der Waals surface area contributed by atoms with Gasteiger partial charge in [-0.15, -0.1) is 0 Å². The fraction of sp³-hybridized carbons (Fsp3) is 0.235. The third-order valence-corrected chi connectivity index (χ3v) is 4.49. The van der Waals surface area contributed by atoms with Crippen LogP contribution in [0.25, 0.3) is 0 Å². The van der Waals surface area contributed by atoms with Crippen molar-refractivity contribution in [3.8, 4) is 0 Å². The SMILES string of the molecule is Cc1ccncc1N1CCN(c2ccc3c(c2)C(C=O)NN3)C1=O. The van der Waals surface area contributed by atoms with Crippen molar-refractivity contribution in [3.05, 3.63) is 47.8 Å². The number of anilines is 3. The van der Waals surface area contributed by atoms with Gasteiger partial charge in [0, 0.05) is 30.5 Å². The van der Waals surface area contributed by atoms with Crippen LogP contribution in [-0.4, -0.2) is 30.4 Å². The number of amides is 2. The molecule has 2 aromatic rings. The Labute approximate surface area is 139 Å². The molecule has 0 radical (unpaired) electrons. The van der Waals surface area contributed by atoms with Crippen molar-refractivity contribution < 1.29 is 9.59 Å². The molecule has 0 bridgehead atoms. The molecule has 1 atom stereocenters. The van der Waals surface area contributed by atoms with Crippen molar-refractivity contribution in [1.82, 2.24) is 10.4 Å². The molecule has 0 aliphatic carbocycles. The largest absolute Gasteiger partial charge is 0.329 e. The van der Waals surface area contributed by atoms with Crippen LogP contribution in [0.15, 0.2) is 36.7 Å². The van der Waals surface area contributed by atoms with E-state index in [1.165, 1.54) is 0 Å². The number of urea groups is 1. The summed E-state index contributed by atoms with van der Waals surface area (Å²) in [5.41, 5.74) is 10.2. The number of pyridine rings is 1. The van der Waals surface area contributed by atoms with Crippen LogP contribution in [0.3, 0.4) is 0 Å². The van der Waals surface area contributed by atoms with Gasteiger partial charge in [0.25, 0.3) is 0 Å². The summed E-state index contributed by atoms with van der Waals surface area (Å²) in [5, 5.41) is 0. The summed E-state index contributed by atoms with van der Waals surface area (Å²) in [6.45, 7) is 3.17. The molecule has 7 heteroatoms. The van der Waals surface area contributed by atoms with Crippen LogP contribution >= 0.6 is 0 Å². The first kappa shape index (κ1) is 14.6. The van der Waals surface area contributed by atoms with Gasteiger partial charge in [0.15, 0.2) is 0 Å². The Morgan fingerprint density at radius 3 is 2.88 bits per heavy atom. The van der Waals surface area contributed by atoms with Gasteiger partial charge in [0.1, 0.15) is 12.3 Å². The summed E-state index contributed by atoms with van der Waals surface area (Å²) in [6, 6.07) is 7.08. The van der Waals surface area contributed by atoms with Gasteiger partial charge in [-0.25, -0.2) is 10.2 Å². The van der Waals surface area contributed by atoms with E-state index in [0.717, 1.165) is 34.5 Å². The van der Waals surface area contributed by atoms with E-state index in [0.29, 0.717) is 13.1 Å². The Balaban J connectivity index is 1.64. The van der Waals surface area contributed by atoms with Crippen LogP contribution in [0.5, 0.6) is 0 Å². The van der Waals surface area contributed by atoms with Gasteiger partial charge in [0.2, 0.25) is 0 Å². The number of aromatic nitrogens is 1. The second kappa shape index (κ2) is 5.61. The number of hydrogen-bond acceptors (Lipinski definition) is 5. The van der Waals surface area contributed by atoms with Gasteiger partial charge < -0.3 is 10.2 Å². The minimum absolute atomic E-state index is 0.0763. The summed E-state index contributed by atoms with van der Waals surface area (Å²) in [6.07, 6.45) is 4.28. The van der Waals surface area contributed by atoms with E-state index >= 15 is 0 Å². The second-order valence-corrected chi connectivity index (χ2v) is 5.90. The van der Waals surface area contributed by atoms with Gasteiger partial charge in [-0.2, -0.15) is 0 Å². The monoisotopic (exact) mass is 323 g/mol. The van der Waals surface area contributed by atoms with Gasteiger partial charge in [0.05, 0.1) is 17.6 Å². The average molecular weight is 323 g/mol. The number of aldehydes is 1. The summed E-state index contributed by atoms with van der Waals surface area (Å²) in [7, 11) is 0. The fourth-order valence-electron chi connectivity index (χ4n) is 3.17. The Morgan fingerprint density at radius 1 is 1.25 bits per heavy atom. The quantitative estimate of drug-likeness (QED) is 0.845. The number of hydrazine groups is 1. The van der Waals surface area contributed by atoms with Crippen molar-refractivity contribution in [1.29, 1.82) is 0 Å². The highest BCUT2D eigenvalue weighted by molar-refractivity contribution is 6.06. The van der Waals surface area contributed by atoms with Gasteiger partial charge >= 0.3 is 6.03 Å². The molecule has 7 nitrogen and oxygen atoms in total. The van der Waals surface area contributed by atoms with Crippen molar-refractivity contribution in [2.45, 2.75) is 13.0 Å². The first-order valence-corrected chi connectivity index (χ1v) is 7.79. The Morgan fingerprint density at radius 2 is 2.08 bits per heavy atom. The van der Waals surface area contributed by atoms with Crippen molar-refractivity contribution in [3.63, 3.8) is 0 Å². The molecule has 2 amide bonds. The molecule has 2 N–H and O–H groups in total. The summed E-state index contributed by atoms with van der Waals surface area (Å²) >= 11 is 0. The number of nitrogens with zero attached hydrogens (tertiary/aromatic N) is 3. The van der Waals surface area contributed by atoms with E-state index in [4.69, 9.17) is 0 Å². The highest BCUT2D eigenvalue weighted by atomic mass is 16.2. The zero-order valence-electron chi connectivity index (χ0n) is 13.2. The maximum Gasteiger partial charge on any atom is 0.329 e. The van der Waals surface area contributed by atoms with E-state index in [-0.39, 0.29) is 6.03 Å². The minimum Gasteiger partial charge on any atom is -0.320 e. The molecule has 1 aromatic heterocycles. The Kier molecular flexibility index (Phi) is 3.42. The molecule has 1 unspecified atom stereocenters. The van der Waals surface area contributed by atoms with Gasteiger partial charge in [-0.3, -0.25) is 14.8 Å². The zero-order valence-corrected chi connectivity index (χ0v) is 13.2. The van der Waals surface area contributed by atoms with Gasteiger partial charge in [-0.05, 0) is 36.8 Å². The molecule has 2 aliphatic heterocycles. The number of aryl methyl sites for hydroxylation is 1. The summed E-state index contributed by atoms with van der Waals surface area (Å²) in [5.74, 6) is 0. The lowest BCUT2D eigenvalue weighted by Gasteiger charge is -2.20. The van der Waals surface area contributed by atoms with Crippen molar-refractivity contribution in [2.24, 2.45) is 0 Å². The molecule has 122 valence electrons. The molecule has 1 aromatic carbocycles. The highest BCUT2D eigenvalue weighted by Gasteiger charge is 2.32. The van der Waals surface area contributed by atoms with E-state index < -0.39 is 6.04 Å². The molecule has 0 saturated carbocycles. The van der Waals surface area contributed by atoms with Gasteiger partial charge in [-0.1, -0.05) is 0 Å². The average Bonchev–Trinajstić information content (AvgIpc) is 3.18. The number of fused-ring (bicyclic) bond motifs is 1. The lowest BCUT2D eigenvalue weighted by molar-refractivity contribution is -0.109. The number of carbonyl (C=O) groups excluding carboxylic acids is 2. The smallest absolute Gasteiger partial charge is 0.320 e. The molecule has 1 saturated heterocycles. The minimum atomic E-state index is -0.394. The molecule has 24 heavy (non-hydrogen) atoms. The van der Waals surface area contributed by atoms with Crippen molar-refractivity contribution >= 4 is 29.4 Å². The third kappa shape index (κ3) is 2.21. The molecular weight excluding hydrogens is 306 g/mol. The molecule has 4 rings (SSSR count). The predicted molar refractivity (Wildman–Crippen MR) is 91.1 cm³/mol. The maximum atomic E-state index is 12.8. The van der Waals surface area contributed by atoms with E-state index in [9.17, 15) is 9.59 Å². The van der Waals surface area contributed by atoms with E-state index in [2.05, 4.69) is 15.8 Å². The first-order chi connectivity index (χ1) is 11.7. The number of hydrogen-bond donors (Lipinski definition) is 2. The Hall–Kier alpha value is -2.93. The number of benzene rings is 1. The number of carbonyl (C=O) groups is 2. The summed E-state index contributed by atoms with van der Waals surface area (Å²) < 4.78 is 0. The van der Waals surface area contributed by atoms with Crippen LogP contribution in [0.4, 0.5) is 21.9 Å². The zero-order chi connectivity index (χ0) is 16.7. The molecular formula is C17H17N5O2. The van der Waals surface area contributed by atoms with E-state index in [1.807, 2.05) is 31.2 Å². The van der Waals surface area contributed by atoms with Crippen LogP contribution < -0.4 is 20.7 Å². The summed E-state index contributed by atoms with van der Waals surface area (Å²) in [4.78, 5) is 31.6. The van der Waals surface area contributed by atoms with E-state index in [1.54, 1.807) is 22.2 Å². The maximum absolute atomic E-state index is 12.8. The normalized spacial score (nSPS) is 19.4. The first-order valence-electron chi connectivity index (χ1n) is 7.79. The lowest BCUT2D eigenvalue weighted by atomic mass is 10.1. The van der Waals surface area contributed by atoms with Crippen LogP contribution in [0.2, 0.25) is 0 Å². The van der Waals surface area contributed by atoms with Crippen LogP contribution in [0, 0.1) is 6.92 Å². The van der Waals surface area contributed by atoms with Crippen LogP contribution in [0.1, 0.15) is 17.2 Å². The lowest BCUT2D eigenvalue weighted by Crippen LogP contribution is -2.32. The van der Waals surface area contributed by atoms with Crippen molar-refractivity contribution in [2.75, 3.05) is 28.3 Å². The fourth-order valence-corrected chi connectivity index (χ4v) is 3.17. The molecule has 3 heterocycles. The predicted octanol–water partition coefficient (Wildman–Crippen LogP) is 2.01. The topological polar surface area (TPSA) is 77.6 Å². The number of nitrogens with one attached hydrogen (secondary N) is 2. The second-order valence-electron chi connectivity index (χ2n) is 5.90. The highest BCUT2D eigenvalue weighted by Crippen LogP contribution is 2.33.